The molecule has 4 rings (SSSR count). The van der Waals surface area contributed by atoms with Crippen molar-refractivity contribution in [2.24, 2.45) is 0 Å². The average molecular weight is 354 g/mol. The van der Waals surface area contributed by atoms with E-state index in [-0.39, 0.29) is 10.8 Å². The molecular weight excluding hydrogens is 338 g/mol. The van der Waals surface area contributed by atoms with Crippen LogP contribution in [0.1, 0.15) is 36.1 Å². The van der Waals surface area contributed by atoms with Gasteiger partial charge in [0.2, 0.25) is 15.9 Å². The third kappa shape index (κ3) is 2.53. The summed E-state index contributed by atoms with van der Waals surface area (Å²) in [6, 6.07) is 5.94. The summed E-state index contributed by atoms with van der Waals surface area (Å²) in [6.45, 7) is 0. The fourth-order valence-electron chi connectivity index (χ4n) is 3.12. The van der Waals surface area contributed by atoms with Crippen LogP contribution < -0.4 is 4.72 Å². The van der Waals surface area contributed by atoms with E-state index in [0.29, 0.717) is 12.2 Å². The molecule has 1 heterocycles. The standard InChI is InChI=1S/C16H16F2N2O3S/c17-16(18)13(15-19-11-8-4-5-9-12(11)23-15)14(16)20-24(21,22)10-6-2-1-3-7-10/h1-3,6-7,13-14,20H,4-5,8-9H2/t13-,14-/m1/s1. The number of aromatic nitrogens is 1. The van der Waals surface area contributed by atoms with Gasteiger partial charge in [0.15, 0.2) is 0 Å². The van der Waals surface area contributed by atoms with Crippen LogP contribution in [0.2, 0.25) is 0 Å². The van der Waals surface area contributed by atoms with Crippen LogP contribution in [0.25, 0.3) is 0 Å². The first-order chi connectivity index (χ1) is 11.4. The number of alkyl halides is 2. The fraction of sp³-hybridized carbons (Fsp3) is 0.438. The Bertz CT molecular complexity index is 841. The molecule has 0 bridgehead atoms. The highest BCUT2D eigenvalue weighted by molar-refractivity contribution is 7.89. The van der Waals surface area contributed by atoms with Gasteiger partial charge in [-0.25, -0.2) is 26.9 Å². The lowest BCUT2D eigenvalue weighted by atomic mass is 10.0. The van der Waals surface area contributed by atoms with Gasteiger partial charge in [-0.2, -0.15) is 0 Å². The molecule has 0 spiro atoms. The van der Waals surface area contributed by atoms with Crippen LogP contribution in [0.3, 0.4) is 0 Å². The zero-order valence-electron chi connectivity index (χ0n) is 12.7. The maximum atomic E-state index is 14.1. The van der Waals surface area contributed by atoms with Gasteiger partial charge in [-0.15, -0.1) is 0 Å². The Kier molecular flexibility index (Phi) is 3.50. The molecule has 1 aromatic heterocycles. The summed E-state index contributed by atoms with van der Waals surface area (Å²) in [4.78, 5) is 4.14. The molecule has 2 atom stereocenters. The van der Waals surface area contributed by atoms with Crippen LogP contribution in [0, 0.1) is 0 Å². The highest BCUT2D eigenvalue weighted by atomic mass is 32.2. The van der Waals surface area contributed by atoms with Gasteiger partial charge in [-0.3, -0.25) is 0 Å². The molecular formula is C16H16F2N2O3S. The summed E-state index contributed by atoms with van der Waals surface area (Å²) in [6.07, 6.45) is 3.33. The highest BCUT2D eigenvalue weighted by Gasteiger charge is 2.72. The quantitative estimate of drug-likeness (QED) is 0.916. The summed E-state index contributed by atoms with van der Waals surface area (Å²) in [7, 11) is -4.01. The van der Waals surface area contributed by atoms with Crippen molar-refractivity contribution in [3.63, 3.8) is 0 Å². The lowest BCUT2D eigenvalue weighted by Gasteiger charge is -2.05. The van der Waals surface area contributed by atoms with Crippen LogP contribution in [0.4, 0.5) is 8.78 Å². The number of aryl methyl sites for hydroxylation is 2. The van der Waals surface area contributed by atoms with Gasteiger partial charge in [0.05, 0.1) is 10.6 Å². The topological polar surface area (TPSA) is 72.2 Å². The second-order valence-corrected chi connectivity index (χ2v) is 7.91. The Labute approximate surface area is 138 Å². The van der Waals surface area contributed by atoms with Crippen molar-refractivity contribution in [1.29, 1.82) is 0 Å². The van der Waals surface area contributed by atoms with Gasteiger partial charge in [0.25, 0.3) is 5.92 Å². The number of benzene rings is 1. The van der Waals surface area contributed by atoms with Crippen molar-refractivity contribution in [3.8, 4) is 0 Å². The van der Waals surface area contributed by atoms with E-state index in [1.54, 1.807) is 18.2 Å². The minimum atomic E-state index is -4.01. The molecule has 128 valence electrons. The molecule has 1 fully saturated rings. The smallest absolute Gasteiger partial charge is 0.278 e. The normalized spacial score (nSPS) is 25.2. The predicted octanol–water partition coefficient (Wildman–Crippen LogP) is 2.63. The molecule has 0 unspecified atom stereocenters. The van der Waals surface area contributed by atoms with Crippen LogP contribution in [-0.4, -0.2) is 25.4 Å². The first-order valence-electron chi connectivity index (χ1n) is 7.83. The molecule has 1 aromatic carbocycles. The van der Waals surface area contributed by atoms with E-state index in [4.69, 9.17) is 4.42 Å². The van der Waals surface area contributed by atoms with Crippen LogP contribution >= 0.6 is 0 Å². The van der Waals surface area contributed by atoms with E-state index < -0.39 is 27.9 Å². The number of halogens is 2. The molecule has 2 aliphatic rings. The van der Waals surface area contributed by atoms with Crippen LogP contribution in [-0.2, 0) is 22.9 Å². The van der Waals surface area contributed by atoms with E-state index in [0.717, 1.165) is 25.0 Å². The van der Waals surface area contributed by atoms with Crippen molar-refractivity contribution in [1.82, 2.24) is 9.71 Å². The van der Waals surface area contributed by atoms with E-state index in [1.807, 2.05) is 0 Å². The molecule has 0 amide bonds. The molecule has 1 saturated carbocycles. The monoisotopic (exact) mass is 354 g/mol. The number of rotatable bonds is 4. The van der Waals surface area contributed by atoms with E-state index in [9.17, 15) is 17.2 Å². The summed E-state index contributed by atoms with van der Waals surface area (Å²) in [5.74, 6) is -3.95. The van der Waals surface area contributed by atoms with Gasteiger partial charge in [0, 0.05) is 6.42 Å². The van der Waals surface area contributed by atoms with Gasteiger partial charge in [0.1, 0.15) is 17.7 Å². The molecule has 1 N–H and O–H groups in total. The number of oxazole rings is 1. The zero-order chi connectivity index (χ0) is 16.9. The minimum Gasteiger partial charge on any atom is -0.445 e. The number of fused-ring (bicyclic) bond motifs is 1. The lowest BCUT2D eigenvalue weighted by Crippen LogP contribution is -2.29. The Morgan fingerprint density at radius 2 is 1.88 bits per heavy atom. The Morgan fingerprint density at radius 1 is 1.17 bits per heavy atom. The largest absolute Gasteiger partial charge is 0.445 e. The molecule has 0 saturated heterocycles. The third-order valence-corrected chi connectivity index (χ3v) is 5.97. The van der Waals surface area contributed by atoms with Crippen molar-refractivity contribution >= 4 is 10.0 Å². The molecule has 8 heteroatoms. The number of sulfonamides is 1. The minimum absolute atomic E-state index is 0.0434. The van der Waals surface area contributed by atoms with Crippen LogP contribution in [0.15, 0.2) is 39.6 Å². The summed E-state index contributed by atoms with van der Waals surface area (Å²) < 4.78 is 60.3. The SMILES string of the molecule is O=S(=O)(N[C@@H]1[C@H](c2nc3c(o2)CCCC3)C1(F)F)c1ccccc1. The van der Waals surface area contributed by atoms with E-state index in [1.165, 1.54) is 12.1 Å². The molecule has 5 nitrogen and oxygen atoms in total. The Balaban J connectivity index is 1.58. The highest BCUT2D eigenvalue weighted by Crippen LogP contribution is 2.56. The third-order valence-electron chi connectivity index (χ3n) is 4.52. The fourth-order valence-corrected chi connectivity index (χ4v) is 4.40. The second kappa shape index (κ2) is 5.35. The molecule has 2 aromatic rings. The molecule has 2 aliphatic carbocycles. The average Bonchev–Trinajstić information content (AvgIpc) is 2.92. The van der Waals surface area contributed by atoms with E-state index >= 15 is 0 Å². The summed E-state index contributed by atoms with van der Waals surface area (Å²) >= 11 is 0. The second-order valence-electron chi connectivity index (χ2n) is 6.19. The van der Waals surface area contributed by atoms with Crippen LogP contribution in [0.5, 0.6) is 0 Å². The maximum Gasteiger partial charge on any atom is 0.278 e. The van der Waals surface area contributed by atoms with Gasteiger partial charge >= 0.3 is 0 Å². The Morgan fingerprint density at radius 3 is 2.58 bits per heavy atom. The van der Waals surface area contributed by atoms with Gasteiger partial charge in [-0.1, -0.05) is 18.2 Å². The first kappa shape index (κ1) is 15.7. The predicted molar refractivity (Wildman–Crippen MR) is 81.4 cm³/mol. The first-order valence-corrected chi connectivity index (χ1v) is 9.31. The summed E-state index contributed by atoms with van der Waals surface area (Å²) in [5, 5.41) is 0. The van der Waals surface area contributed by atoms with E-state index in [2.05, 4.69) is 9.71 Å². The van der Waals surface area contributed by atoms with Crippen molar-refractivity contribution in [2.45, 2.75) is 48.5 Å². The van der Waals surface area contributed by atoms with Crippen molar-refractivity contribution < 1.29 is 21.6 Å². The Hall–Kier alpha value is -1.80. The zero-order valence-corrected chi connectivity index (χ0v) is 13.5. The maximum absolute atomic E-state index is 14.1. The molecule has 24 heavy (non-hydrogen) atoms. The lowest BCUT2D eigenvalue weighted by molar-refractivity contribution is 0.0994. The van der Waals surface area contributed by atoms with Crippen molar-refractivity contribution in [3.05, 3.63) is 47.7 Å². The van der Waals surface area contributed by atoms with Gasteiger partial charge in [-0.05, 0) is 31.4 Å². The number of nitrogens with one attached hydrogen (secondary N) is 1. The molecule has 0 radical (unpaired) electrons. The molecule has 0 aliphatic heterocycles. The number of hydrogen-bond donors (Lipinski definition) is 1. The van der Waals surface area contributed by atoms with Crippen molar-refractivity contribution in [2.75, 3.05) is 0 Å². The number of hydrogen-bond acceptors (Lipinski definition) is 4. The number of nitrogens with zero attached hydrogens (tertiary/aromatic N) is 1. The van der Waals surface area contributed by atoms with Gasteiger partial charge < -0.3 is 4.42 Å². The summed E-state index contributed by atoms with van der Waals surface area (Å²) in [5.41, 5.74) is 0.726.